The van der Waals surface area contributed by atoms with Crippen molar-refractivity contribution in [3.05, 3.63) is 36.2 Å². The quantitative estimate of drug-likeness (QED) is 0.491. The van der Waals surface area contributed by atoms with Crippen LogP contribution in [0.15, 0.2) is 30.5 Å². The summed E-state index contributed by atoms with van der Waals surface area (Å²) in [5.74, 6) is 3.66. The fourth-order valence-electron chi connectivity index (χ4n) is 9.23. The number of carbonyl (C=O) groups is 1. The standard InChI is InChI=1S/C31H42F3N7OS/c1-21-22(18-23-29(2,3)30(23,27(21)39-10-6-7-11-39)28(42)40-16-17-43-20-40)37-12-14-38(15-13-37)26-19-24(31(32,33)34)36-41(26)25-8-4-5-9-35-25/h4-5,8-9,19,21-23,27H,6-7,10-18,20H2,1-3H3/t21?,22-,23?,27-,30?/m0/s1. The third kappa shape index (κ3) is 4.60. The van der Waals surface area contributed by atoms with E-state index in [1.165, 1.54) is 17.5 Å². The van der Waals surface area contributed by atoms with Gasteiger partial charge >= 0.3 is 6.18 Å². The van der Waals surface area contributed by atoms with Crippen LogP contribution in [0.4, 0.5) is 19.0 Å². The predicted molar refractivity (Wildman–Crippen MR) is 161 cm³/mol. The predicted octanol–water partition coefficient (Wildman–Crippen LogP) is 4.46. The van der Waals surface area contributed by atoms with Crippen molar-refractivity contribution < 1.29 is 18.0 Å². The summed E-state index contributed by atoms with van der Waals surface area (Å²) in [4.78, 5) is 28.0. The number of aromatic nitrogens is 3. The molecule has 5 atom stereocenters. The maximum Gasteiger partial charge on any atom is 0.435 e. The van der Waals surface area contributed by atoms with Crippen LogP contribution in [0.25, 0.3) is 5.82 Å². The molecule has 43 heavy (non-hydrogen) atoms. The summed E-state index contributed by atoms with van der Waals surface area (Å²) in [6, 6.07) is 6.88. The lowest BCUT2D eigenvalue weighted by Crippen LogP contribution is -2.62. The van der Waals surface area contributed by atoms with E-state index in [0.29, 0.717) is 48.5 Å². The van der Waals surface area contributed by atoms with Gasteiger partial charge < -0.3 is 9.80 Å². The molecule has 8 nitrogen and oxygen atoms in total. The zero-order valence-corrected chi connectivity index (χ0v) is 26.1. The van der Waals surface area contributed by atoms with Crippen molar-refractivity contribution in [1.29, 1.82) is 0 Å². The molecule has 234 valence electrons. The summed E-state index contributed by atoms with van der Waals surface area (Å²) in [6.45, 7) is 12.7. The van der Waals surface area contributed by atoms with E-state index in [1.807, 2.05) is 16.7 Å². The summed E-state index contributed by atoms with van der Waals surface area (Å²) in [5, 5.41) is 3.92. The van der Waals surface area contributed by atoms with Gasteiger partial charge in [0.05, 0.1) is 11.3 Å². The molecule has 2 aromatic rings. The van der Waals surface area contributed by atoms with E-state index in [1.54, 1.807) is 24.4 Å². The Morgan fingerprint density at radius 1 is 1.02 bits per heavy atom. The number of thioether (sulfide) groups is 1. The monoisotopic (exact) mass is 617 g/mol. The second-order valence-corrected chi connectivity index (χ2v) is 14.7. The van der Waals surface area contributed by atoms with Gasteiger partial charge in [-0.15, -0.1) is 11.8 Å². The van der Waals surface area contributed by atoms with Gasteiger partial charge in [0.1, 0.15) is 5.82 Å². The summed E-state index contributed by atoms with van der Waals surface area (Å²) in [7, 11) is 0. The molecule has 0 bridgehead atoms. The SMILES string of the molecule is CC1[C@H](N2CCCC2)C2(C(=O)N3CCSC3)C(C[C@@H]1N1CCN(c3cc(C(F)(F)F)nn3-c3ccccn3)CC1)C2(C)C. The molecule has 5 aliphatic rings. The van der Waals surface area contributed by atoms with Crippen LogP contribution in [0, 0.1) is 22.7 Å². The molecule has 2 saturated carbocycles. The zero-order chi connectivity index (χ0) is 30.1. The second-order valence-electron chi connectivity index (χ2n) is 13.6. The average molecular weight is 618 g/mol. The van der Waals surface area contributed by atoms with Crippen molar-refractivity contribution in [1.82, 2.24) is 29.5 Å². The fraction of sp³-hybridized carbons (Fsp3) is 0.710. The minimum Gasteiger partial charge on any atom is -0.354 e. The van der Waals surface area contributed by atoms with Crippen LogP contribution in [0.1, 0.15) is 45.7 Å². The zero-order valence-electron chi connectivity index (χ0n) is 25.3. The Morgan fingerprint density at radius 3 is 2.40 bits per heavy atom. The van der Waals surface area contributed by atoms with Gasteiger partial charge in [0, 0.05) is 62.8 Å². The van der Waals surface area contributed by atoms with Crippen LogP contribution < -0.4 is 4.90 Å². The highest BCUT2D eigenvalue weighted by Crippen LogP contribution is 2.77. The van der Waals surface area contributed by atoms with E-state index in [0.717, 1.165) is 56.8 Å². The van der Waals surface area contributed by atoms with Crippen molar-refractivity contribution in [2.45, 2.75) is 58.3 Å². The number of hydrogen-bond donors (Lipinski definition) is 0. The maximum absolute atomic E-state index is 14.4. The molecule has 3 unspecified atom stereocenters. The largest absolute Gasteiger partial charge is 0.435 e. The third-order valence-electron chi connectivity index (χ3n) is 11.3. The van der Waals surface area contributed by atoms with Gasteiger partial charge in [0.2, 0.25) is 5.91 Å². The highest BCUT2D eigenvalue weighted by atomic mass is 32.2. The molecule has 1 amide bonds. The van der Waals surface area contributed by atoms with Crippen molar-refractivity contribution in [2.75, 3.05) is 62.3 Å². The number of likely N-dealkylation sites (tertiary alicyclic amines) is 1. The van der Waals surface area contributed by atoms with Crippen LogP contribution in [-0.2, 0) is 11.0 Å². The number of carbonyl (C=O) groups excluding carboxylic acids is 1. The fourth-order valence-corrected chi connectivity index (χ4v) is 10.2. The smallest absolute Gasteiger partial charge is 0.354 e. The Balaban J connectivity index is 1.13. The van der Waals surface area contributed by atoms with Crippen LogP contribution in [0.3, 0.4) is 0 Å². The minimum absolute atomic E-state index is 0.0569. The first-order valence-corrected chi connectivity index (χ1v) is 16.9. The first-order chi connectivity index (χ1) is 20.5. The van der Waals surface area contributed by atoms with E-state index in [4.69, 9.17) is 0 Å². The van der Waals surface area contributed by atoms with Gasteiger partial charge in [-0.25, -0.2) is 4.98 Å². The molecule has 3 saturated heterocycles. The number of rotatable bonds is 5. The van der Waals surface area contributed by atoms with E-state index in [2.05, 4.69) is 45.6 Å². The lowest BCUT2D eigenvalue weighted by molar-refractivity contribution is -0.144. The summed E-state index contributed by atoms with van der Waals surface area (Å²) in [5.41, 5.74) is -1.29. The Bertz CT molecular complexity index is 1330. The number of anilines is 1. The maximum atomic E-state index is 14.4. The second kappa shape index (κ2) is 10.7. The van der Waals surface area contributed by atoms with Gasteiger partial charge in [-0.2, -0.15) is 23.0 Å². The summed E-state index contributed by atoms with van der Waals surface area (Å²) < 4.78 is 42.5. The molecule has 7 rings (SSSR count). The van der Waals surface area contributed by atoms with Gasteiger partial charge in [0.25, 0.3) is 0 Å². The molecule has 2 aliphatic carbocycles. The normalized spacial score (nSPS) is 33.2. The molecule has 0 radical (unpaired) electrons. The molecule has 0 spiro atoms. The average Bonchev–Trinajstić information content (AvgIpc) is 3.66. The Morgan fingerprint density at radius 2 is 1.77 bits per heavy atom. The van der Waals surface area contributed by atoms with E-state index >= 15 is 0 Å². The third-order valence-corrected chi connectivity index (χ3v) is 12.3. The van der Waals surface area contributed by atoms with Gasteiger partial charge in [0.15, 0.2) is 11.5 Å². The molecule has 5 heterocycles. The molecule has 12 heteroatoms. The van der Waals surface area contributed by atoms with Crippen LogP contribution in [0.5, 0.6) is 0 Å². The van der Waals surface area contributed by atoms with E-state index < -0.39 is 11.9 Å². The van der Waals surface area contributed by atoms with Crippen molar-refractivity contribution in [2.24, 2.45) is 22.7 Å². The molecule has 3 aliphatic heterocycles. The molecule has 5 fully saturated rings. The van der Waals surface area contributed by atoms with Gasteiger partial charge in [-0.1, -0.05) is 26.8 Å². The number of hydrogen-bond acceptors (Lipinski definition) is 7. The number of amides is 1. The lowest BCUT2D eigenvalue weighted by atomic mass is 9.70. The number of piperazine rings is 1. The molecule has 0 N–H and O–H groups in total. The number of fused-ring (bicyclic) bond motifs is 1. The minimum atomic E-state index is -4.53. The summed E-state index contributed by atoms with van der Waals surface area (Å²) >= 11 is 1.86. The first-order valence-electron chi connectivity index (χ1n) is 15.7. The molecule has 2 aromatic heterocycles. The highest BCUT2D eigenvalue weighted by Gasteiger charge is 2.82. The van der Waals surface area contributed by atoms with Crippen LogP contribution in [-0.4, -0.2) is 105 Å². The van der Waals surface area contributed by atoms with Crippen LogP contribution in [0.2, 0.25) is 0 Å². The Kier molecular flexibility index (Phi) is 7.28. The van der Waals surface area contributed by atoms with Gasteiger partial charge in [-0.3, -0.25) is 14.6 Å². The van der Waals surface area contributed by atoms with Crippen molar-refractivity contribution >= 4 is 23.5 Å². The first kappa shape index (κ1) is 29.4. The number of pyridine rings is 1. The topological polar surface area (TPSA) is 60.7 Å². The van der Waals surface area contributed by atoms with E-state index in [-0.39, 0.29) is 16.9 Å². The molecular formula is C31H42F3N7OS. The number of alkyl halides is 3. The Labute approximate surface area is 256 Å². The number of halogens is 3. The molecular weight excluding hydrogens is 575 g/mol. The number of nitrogens with zero attached hydrogens (tertiary/aromatic N) is 7. The molecule has 0 aromatic carbocycles. The van der Waals surface area contributed by atoms with Crippen LogP contribution >= 0.6 is 11.8 Å². The van der Waals surface area contributed by atoms with E-state index in [9.17, 15) is 18.0 Å². The van der Waals surface area contributed by atoms with Crippen molar-refractivity contribution in [3.8, 4) is 5.82 Å². The van der Waals surface area contributed by atoms with Gasteiger partial charge in [-0.05, 0) is 61.7 Å². The Hall–Kier alpha value is -2.31. The van der Waals surface area contributed by atoms with Crippen molar-refractivity contribution in [3.63, 3.8) is 0 Å². The lowest BCUT2D eigenvalue weighted by Gasteiger charge is -2.51. The summed E-state index contributed by atoms with van der Waals surface area (Å²) in [6.07, 6.45) is 0.402. The highest BCUT2D eigenvalue weighted by molar-refractivity contribution is 7.99.